The molecular formula is C11H15F3N4O. The van der Waals surface area contributed by atoms with Crippen LogP contribution in [-0.4, -0.2) is 42.3 Å². The zero-order chi connectivity index (χ0) is 13.9. The van der Waals surface area contributed by atoms with Crippen molar-refractivity contribution in [2.75, 3.05) is 31.1 Å². The van der Waals surface area contributed by atoms with Gasteiger partial charge in [-0.1, -0.05) is 0 Å². The standard InChI is InChI=1S/C11H15F3N4O/c12-11(13,14)10-16-4-2-9(17-10)18-5-6-19-8(7-18)1-3-15/h2,4,8H,1,3,5-7,15H2/t8-/m0/s1. The van der Waals surface area contributed by atoms with Crippen molar-refractivity contribution in [2.45, 2.75) is 18.7 Å². The van der Waals surface area contributed by atoms with Crippen LogP contribution in [0.5, 0.6) is 0 Å². The molecule has 106 valence electrons. The average molecular weight is 276 g/mol. The Morgan fingerprint density at radius 3 is 2.95 bits per heavy atom. The summed E-state index contributed by atoms with van der Waals surface area (Å²) in [6.07, 6.45) is -2.80. The van der Waals surface area contributed by atoms with Gasteiger partial charge in [0.15, 0.2) is 0 Å². The first-order valence-corrected chi connectivity index (χ1v) is 5.97. The fourth-order valence-corrected chi connectivity index (χ4v) is 1.95. The lowest BCUT2D eigenvalue weighted by molar-refractivity contribution is -0.144. The lowest BCUT2D eigenvalue weighted by Crippen LogP contribution is -2.43. The van der Waals surface area contributed by atoms with Crippen LogP contribution >= 0.6 is 0 Å². The Bertz CT molecular complexity index is 425. The molecule has 1 fully saturated rings. The van der Waals surface area contributed by atoms with Gasteiger partial charge in [0.1, 0.15) is 5.82 Å². The molecule has 1 aliphatic heterocycles. The maximum absolute atomic E-state index is 12.5. The predicted molar refractivity (Wildman–Crippen MR) is 62.7 cm³/mol. The van der Waals surface area contributed by atoms with Gasteiger partial charge in [0, 0.05) is 19.3 Å². The van der Waals surface area contributed by atoms with Gasteiger partial charge in [-0.05, 0) is 19.0 Å². The van der Waals surface area contributed by atoms with Crippen LogP contribution in [0.3, 0.4) is 0 Å². The van der Waals surface area contributed by atoms with Gasteiger partial charge in [-0.2, -0.15) is 13.2 Å². The van der Waals surface area contributed by atoms with Crippen LogP contribution in [-0.2, 0) is 10.9 Å². The minimum atomic E-state index is -4.53. The Morgan fingerprint density at radius 2 is 2.26 bits per heavy atom. The third-order valence-corrected chi connectivity index (χ3v) is 2.85. The molecule has 0 amide bonds. The van der Waals surface area contributed by atoms with Crippen molar-refractivity contribution < 1.29 is 17.9 Å². The van der Waals surface area contributed by atoms with E-state index in [2.05, 4.69) is 9.97 Å². The number of morpholine rings is 1. The number of rotatable bonds is 3. The monoisotopic (exact) mass is 276 g/mol. The second-order valence-electron chi connectivity index (χ2n) is 4.25. The molecule has 0 spiro atoms. The molecule has 0 aliphatic carbocycles. The van der Waals surface area contributed by atoms with E-state index in [4.69, 9.17) is 10.5 Å². The minimum Gasteiger partial charge on any atom is -0.374 e. The zero-order valence-electron chi connectivity index (χ0n) is 10.2. The largest absolute Gasteiger partial charge is 0.451 e. The Hall–Kier alpha value is -1.41. The second kappa shape index (κ2) is 5.70. The SMILES string of the molecule is NCC[C@H]1CN(c2ccnc(C(F)(F)F)n2)CCO1. The summed E-state index contributed by atoms with van der Waals surface area (Å²) in [5.74, 6) is -0.848. The molecule has 5 nitrogen and oxygen atoms in total. The van der Waals surface area contributed by atoms with Crippen LogP contribution in [0.4, 0.5) is 19.0 Å². The molecule has 1 aliphatic rings. The Labute approximate surface area is 108 Å². The summed E-state index contributed by atoms with van der Waals surface area (Å²) in [7, 11) is 0. The number of nitrogens with two attached hydrogens (primary N) is 1. The highest BCUT2D eigenvalue weighted by Gasteiger charge is 2.35. The first-order chi connectivity index (χ1) is 9.00. The molecule has 1 aromatic rings. The van der Waals surface area contributed by atoms with Crippen molar-refractivity contribution in [3.63, 3.8) is 0 Å². The van der Waals surface area contributed by atoms with Gasteiger partial charge >= 0.3 is 6.18 Å². The summed E-state index contributed by atoms with van der Waals surface area (Å²) >= 11 is 0. The summed E-state index contributed by atoms with van der Waals surface area (Å²) in [6.45, 7) is 1.94. The molecular weight excluding hydrogens is 261 g/mol. The first-order valence-electron chi connectivity index (χ1n) is 5.97. The molecule has 0 aromatic carbocycles. The van der Waals surface area contributed by atoms with Gasteiger partial charge in [-0.25, -0.2) is 9.97 Å². The topological polar surface area (TPSA) is 64.3 Å². The first kappa shape index (κ1) is 14.0. The Kier molecular flexibility index (Phi) is 4.20. The van der Waals surface area contributed by atoms with Gasteiger partial charge in [-0.3, -0.25) is 0 Å². The van der Waals surface area contributed by atoms with E-state index in [1.54, 1.807) is 4.90 Å². The summed E-state index contributed by atoms with van der Waals surface area (Å²) in [5.41, 5.74) is 5.45. The van der Waals surface area contributed by atoms with E-state index in [0.717, 1.165) is 6.20 Å². The Balaban J connectivity index is 2.13. The van der Waals surface area contributed by atoms with E-state index in [-0.39, 0.29) is 11.9 Å². The second-order valence-corrected chi connectivity index (χ2v) is 4.25. The van der Waals surface area contributed by atoms with E-state index in [1.807, 2.05) is 0 Å². The molecule has 0 radical (unpaired) electrons. The number of hydrogen-bond acceptors (Lipinski definition) is 5. The van der Waals surface area contributed by atoms with Crippen LogP contribution < -0.4 is 10.6 Å². The number of alkyl halides is 3. The highest BCUT2D eigenvalue weighted by Crippen LogP contribution is 2.27. The molecule has 2 N–H and O–H groups in total. The maximum atomic E-state index is 12.5. The summed E-state index contributed by atoms with van der Waals surface area (Å²) in [4.78, 5) is 8.58. The van der Waals surface area contributed by atoms with Crippen LogP contribution in [0.25, 0.3) is 0 Å². The van der Waals surface area contributed by atoms with Crippen LogP contribution in [0.2, 0.25) is 0 Å². The quantitative estimate of drug-likeness (QED) is 0.894. The van der Waals surface area contributed by atoms with Crippen molar-refractivity contribution in [3.05, 3.63) is 18.1 Å². The number of anilines is 1. The minimum absolute atomic E-state index is 0.0666. The lowest BCUT2D eigenvalue weighted by atomic mass is 10.2. The van der Waals surface area contributed by atoms with Crippen molar-refractivity contribution in [2.24, 2.45) is 5.73 Å². The number of aromatic nitrogens is 2. The van der Waals surface area contributed by atoms with Gasteiger partial charge in [0.2, 0.25) is 5.82 Å². The van der Waals surface area contributed by atoms with Crippen molar-refractivity contribution >= 4 is 5.82 Å². The maximum Gasteiger partial charge on any atom is 0.451 e. The fourth-order valence-electron chi connectivity index (χ4n) is 1.95. The molecule has 19 heavy (non-hydrogen) atoms. The lowest BCUT2D eigenvalue weighted by Gasteiger charge is -2.33. The van der Waals surface area contributed by atoms with Crippen molar-refractivity contribution in [3.8, 4) is 0 Å². The molecule has 0 saturated carbocycles. The molecule has 2 rings (SSSR count). The molecule has 2 heterocycles. The smallest absolute Gasteiger partial charge is 0.374 e. The van der Waals surface area contributed by atoms with E-state index < -0.39 is 12.0 Å². The number of halogens is 3. The predicted octanol–water partition coefficient (Wildman–Crippen LogP) is 1.05. The van der Waals surface area contributed by atoms with Gasteiger partial charge in [-0.15, -0.1) is 0 Å². The van der Waals surface area contributed by atoms with E-state index in [9.17, 15) is 13.2 Å². The van der Waals surface area contributed by atoms with Gasteiger partial charge in [0.05, 0.1) is 12.7 Å². The van der Waals surface area contributed by atoms with Crippen LogP contribution in [0.15, 0.2) is 12.3 Å². The third kappa shape index (κ3) is 3.54. The van der Waals surface area contributed by atoms with Crippen molar-refractivity contribution in [1.82, 2.24) is 9.97 Å². The molecule has 1 atom stereocenters. The third-order valence-electron chi connectivity index (χ3n) is 2.85. The summed E-state index contributed by atoms with van der Waals surface area (Å²) in [6, 6.07) is 1.47. The highest BCUT2D eigenvalue weighted by atomic mass is 19.4. The zero-order valence-corrected chi connectivity index (χ0v) is 10.2. The van der Waals surface area contributed by atoms with Crippen molar-refractivity contribution in [1.29, 1.82) is 0 Å². The van der Waals surface area contributed by atoms with E-state index in [0.29, 0.717) is 32.7 Å². The number of nitrogens with zero attached hydrogens (tertiary/aromatic N) is 3. The summed E-state index contributed by atoms with van der Waals surface area (Å²) < 4.78 is 43.1. The molecule has 8 heteroatoms. The number of hydrogen-bond donors (Lipinski definition) is 1. The van der Waals surface area contributed by atoms with Gasteiger partial charge < -0.3 is 15.4 Å². The molecule has 0 bridgehead atoms. The van der Waals surface area contributed by atoms with Crippen LogP contribution in [0.1, 0.15) is 12.2 Å². The van der Waals surface area contributed by atoms with E-state index >= 15 is 0 Å². The molecule has 0 unspecified atom stereocenters. The highest BCUT2D eigenvalue weighted by molar-refractivity contribution is 5.38. The van der Waals surface area contributed by atoms with Gasteiger partial charge in [0.25, 0.3) is 0 Å². The fraction of sp³-hybridized carbons (Fsp3) is 0.636. The summed E-state index contributed by atoms with van der Waals surface area (Å²) in [5, 5.41) is 0. The normalized spacial score (nSPS) is 20.6. The molecule has 1 saturated heterocycles. The average Bonchev–Trinajstić information content (AvgIpc) is 2.39. The Morgan fingerprint density at radius 1 is 1.47 bits per heavy atom. The number of ether oxygens (including phenoxy) is 1. The van der Waals surface area contributed by atoms with E-state index in [1.165, 1.54) is 6.07 Å². The van der Waals surface area contributed by atoms with Crippen LogP contribution in [0, 0.1) is 0 Å². The molecule has 1 aromatic heterocycles.